The van der Waals surface area contributed by atoms with Gasteiger partial charge in [0.05, 0.1) is 12.6 Å². The van der Waals surface area contributed by atoms with Gasteiger partial charge in [0.1, 0.15) is 0 Å². The summed E-state index contributed by atoms with van der Waals surface area (Å²) in [7, 11) is 1.30. The molecule has 0 aliphatic heterocycles. The minimum atomic E-state index is -0.437. The molecular formula is C5H4ClNO2S. The molecule has 54 valence electrons. The molecule has 10 heavy (non-hydrogen) atoms. The first kappa shape index (κ1) is 7.50. The molecule has 0 radical (unpaired) electrons. The topological polar surface area (TPSA) is 39.2 Å². The van der Waals surface area contributed by atoms with Crippen molar-refractivity contribution in [1.82, 2.24) is 4.98 Å². The maximum atomic E-state index is 10.8. The van der Waals surface area contributed by atoms with Gasteiger partial charge in [-0.05, 0) is 0 Å². The quantitative estimate of drug-likeness (QED) is 0.612. The fourth-order valence-corrected chi connectivity index (χ4v) is 1.37. The Morgan fingerprint density at radius 2 is 2.60 bits per heavy atom. The Morgan fingerprint density at radius 1 is 1.90 bits per heavy atom. The number of hydrogen-bond donors (Lipinski definition) is 0. The van der Waals surface area contributed by atoms with E-state index >= 15 is 0 Å². The van der Waals surface area contributed by atoms with Gasteiger partial charge in [0.15, 0.2) is 10.0 Å². The van der Waals surface area contributed by atoms with Gasteiger partial charge < -0.3 is 4.74 Å². The number of thiazole rings is 1. The van der Waals surface area contributed by atoms with E-state index in [1.54, 1.807) is 0 Å². The van der Waals surface area contributed by atoms with Crippen LogP contribution < -0.4 is 0 Å². The molecule has 0 bridgehead atoms. The van der Waals surface area contributed by atoms with Crippen molar-refractivity contribution < 1.29 is 9.53 Å². The highest BCUT2D eigenvalue weighted by Gasteiger charge is 2.12. The predicted octanol–water partition coefficient (Wildman–Crippen LogP) is 1.58. The van der Waals surface area contributed by atoms with Gasteiger partial charge >= 0.3 is 5.97 Å². The van der Waals surface area contributed by atoms with Crippen LogP contribution in [0.1, 0.15) is 9.67 Å². The van der Waals surface area contributed by atoms with Gasteiger partial charge in [-0.15, -0.1) is 11.3 Å². The van der Waals surface area contributed by atoms with Gasteiger partial charge in [0, 0.05) is 0 Å². The molecule has 0 saturated carbocycles. The zero-order valence-corrected chi connectivity index (χ0v) is 6.70. The molecule has 1 aromatic rings. The Bertz CT molecular complexity index is 248. The van der Waals surface area contributed by atoms with Crippen LogP contribution in [0.25, 0.3) is 0 Å². The molecule has 5 heteroatoms. The summed E-state index contributed by atoms with van der Waals surface area (Å²) in [4.78, 5) is 14.8. The lowest BCUT2D eigenvalue weighted by molar-refractivity contribution is 0.0606. The lowest BCUT2D eigenvalue weighted by Gasteiger charge is -1.91. The number of halogens is 1. The summed E-state index contributed by atoms with van der Waals surface area (Å²) in [5.74, 6) is -0.437. The summed E-state index contributed by atoms with van der Waals surface area (Å²) in [5, 5.41) is 0.205. The summed E-state index contributed by atoms with van der Waals surface area (Å²) in [6, 6.07) is 0. The van der Waals surface area contributed by atoms with Crippen LogP contribution in [0.15, 0.2) is 5.51 Å². The van der Waals surface area contributed by atoms with Crippen molar-refractivity contribution in [3.05, 3.63) is 15.5 Å². The second-order valence-corrected chi connectivity index (χ2v) is 2.68. The largest absolute Gasteiger partial charge is 0.465 e. The average molecular weight is 178 g/mol. The first-order valence-corrected chi connectivity index (χ1v) is 3.68. The first-order chi connectivity index (χ1) is 4.75. The standard InChI is InChI=1S/C5H4ClNO2S/c1-9-5(8)3-4(6)7-2-10-3/h2H,1H3. The second kappa shape index (κ2) is 2.98. The van der Waals surface area contributed by atoms with E-state index in [-0.39, 0.29) is 5.15 Å². The molecule has 1 rings (SSSR count). The summed E-state index contributed by atoms with van der Waals surface area (Å²) < 4.78 is 4.42. The Hall–Kier alpha value is -0.610. The van der Waals surface area contributed by atoms with Crippen molar-refractivity contribution in [2.75, 3.05) is 7.11 Å². The van der Waals surface area contributed by atoms with Crippen LogP contribution in [0, 0.1) is 0 Å². The minimum Gasteiger partial charge on any atom is -0.465 e. The number of carbonyl (C=O) groups is 1. The number of methoxy groups -OCH3 is 1. The van der Waals surface area contributed by atoms with E-state index in [2.05, 4.69) is 9.72 Å². The summed E-state index contributed by atoms with van der Waals surface area (Å²) in [6.45, 7) is 0. The monoisotopic (exact) mass is 177 g/mol. The van der Waals surface area contributed by atoms with Crippen LogP contribution in [0.2, 0.25) is 5.15 Å². The van der Waals surface area contributed by atoms with Crippen molar-refractivity contribution in [1.29, 1.82) is 0 Å². The van der Waals surface area contributed by atoms with Crippen LogP contribution in [0.4, 0.5) is 0 Å². The van der Waals surface area contributed by atoms with Gasteiger partial charge in [0.2, 0.25) is 0 Å². The van der Waals surface area contributed by atoms with Crippen LogP contribution in [-0.2, 0) is 4.74 Å². The van der Waals surface area contributed by atoms with E-state index < -0.39 is 5.97 Å². The van der Waals surface area contributed by atoms with Crippen molar-refractivity contribution in [2.24, 2.45) is 0 Å². The van der Waals surface area contributed by atoms with Crippen LogP contribution in [0.3, 0.4) is 0 Å². The predicted molar refractivity (Wildman–Crippen MR) is 38.5 cm³/mol. The Labute approximate surface area is 66.6 Å². The second-order valence-electron chi connectivity index (χ2n) is 1.46. The molecule has 1 aromatic heterocycles. The fraction of sp³-hybridized carbons (Fsp3) is 0.200. The van der Waals surface area contributed by atoms with Gasteiger partial charge in [-0.25, -0.2) is 9.78 Å². The number of esters is 1. The molecule has 3 nitrogen and oxygen atoms in total. The molecule has 0 spiro atoms. The van der Waals surface area contributed by atoms with E-state index in [4.69, 9.17) is 11.6 Å². The molecule has 0 aliphatic carbocycles. The smallest absolute Gasteiger partial charge is 0.351 e. The van der Waals surface area contributed by atoms with E-state index in [1.807, 2.05) is 0 Å². The van der Waals surface area contributed by atoms with E-state index in [0.717, 1.165) is 11.3 Å². The van der Waals surface area contributed by atoms with Crippen molar-refractivity contribution in [2.45, 2.75) is 0 Å². The summed E-state index contributed by atoms with van der Waals surface area (Å²) in [6.07, 6.45) is 0. The molecule has 0 atom stereocenters. The summed E-state index contributed by atoms with van der Waals surface area (Å²) >= 11 is 6.68. The molecule has 1 heterocycles. The maximum Gasteiger partial charge on any atom is 0.351 e. The number of ether oxygens (including phenoxy) is 1. The Kier molecular flexibility index (Phi) is 2.24. The third-order valence-corrected chi connectivity index (χ3v) is 2.10. The normalized spacial score (nSPS) is 9.40. The minimum absolute atomic E-state index is 0.205. The molecule has 0 N–H and O–H groups in total. The van der Waals surface area contributed by atoms with Crippen LogP contribution >= 0.6 is 22.9 Å². The highest BCUT2D eigenvalue weighted by atomic mass is 35.5. The van der Waals surface area contributed by atoms with Gasteiger partial charge in [0.25, 0.3) is 0 Å². The highest BCUT2D eigenvalue weighted by molar-refractivity contribution is 7.12. The number of hydrogen-bond acceptors (Lipinski definition) is 4. The van der Waals surface area contributed by atoms with Crippen LogP contribution in [0.5, 0.6) is 0 Å². The number of nitrogens with zero attached hydrogens (tertiary/aromatic N) is 1. The molecule has 0 unspecified atom stereocenters. The molecule has 0 fully saturated rings. The first-order valence-electron chi connectivity index (χ1n) is 2.43. The lowest BCUT2D eigenvalue weighted by Crippen LogP contribution is -1.98. The fourth-order valence-electron chi connectivity index (χ4n) is 0.458. The van der Waals surface area contributed by atoms with Gasteiger partial charge in [-0.2, -0.15) is 0 Å². The molecule has 0 amide bonds. The van der Waals surface area contributed by atoms with Crippen molar-refractivity contribution >= 4 is 28.9 Å². The van der Waals surface area contributed by atoms with Gasteiger partial charge in [-0.1, -0.05) is 11.6 Å². The SMILES string of the molecule is COC(=O)c1scnc1Cl. The van der Waals surface area contributed by atoms with E-state index in [1.165, 1.54) is 12.6 Å². The summed E-state index contributed by atoms with van der Waals surface area (Å²) in [5.41, 5.74) is 1.49. The zero-order chi connectivity index (χ0) is 7.56. The van der Waals surface area contributed by atoms with Crippen molar-refractivity contribution in [3.63, 3.8) is 0 Å². The average Bonchev–Trinajstić information content (AvgIpc) is 2.34. The third kappa shape index (κ3) is 1.27. The highest BCUT2D eigenvalue weighted by Crippen LogP contribution is 2.18. The molecule has 0 saturated heterocycles. The Morgan fingerprint density at radius 3 is 3.00 bits per heavy atom. The maximum absolute atomic E-state index is 10.8. The van der Waals surface area contributed by atoms with Crippen molar-refractivity contribution in [3.8, 4) is 0 Å². The number of aromatic nitrogens is 1. The zero-order valence-electron chi connectivity index (χ0n) is 5.13. The lowest BCUT2D eigenvalue weighted by atomic mass is 10.6. The van der Waals surface area contributed by atoms with E-state index in [9.17, 15) is 4.79 Å². The van der Waals surface area contributed by atoms with Crippen LogP contribution in [-0.4, -0.2) is 18.1 Å². The van der Waals surface area contributed by atoms with Gasteiger partial charge in [-0.3, -0.25) is 0 Å². The van der Waals surface area contributed by atoms with E-state index in [0.29, 0.717) is 4.88 Å². The number of carbonyl (C=O) groups excluding carboxylic acids is 1. The molecule has 0 aliphatic rings. The third-order valence-electron chi connectivity index (χ3n) is 0.895. The number of rotatable bonds is 1. The molecule has 0 aromatic carbocycles. The molecular weight excluding hydrogens is 174 g/mol. The Balaban J connectivity index is 2.93.